The number of halogens is 2. The van der Waals surface area contributed by atoms with E-state index < -0.39 is 5.97 Å². The Balaban J connectivity index is 0.00000106. The molecule has 0 saturated heterocycles. The minimum atomic E-state index is -0.889. The predicted molar refractivity (Wildman–Crippen MR) is 84.2 cm³/mol. The topological polar surface area (TPSA) is 73.1 Å². The van der Waals surface area contributed by atoms with Crippen LogP contribution in [0.4, 0.5) is 11.4 Å². The number of hydrogen-bond acceptors (Lipinski definition) is 3. The SMILES string of the molecule is C#N.O=C(O)Cc1ccccc1Nc1c(Cl)cccc1Cl. The van der Waals surface area contributed by atoms with Gasteiger partial charge in [-0.15, -0.1) is 0 Å². The number of rotatable bonds is 4. The summed E-state index contributed by atoms with van der Waals surface area (Å²) in [4.78, 5) is 10.8. The number of carbonyl (C=O) groups is 1. The fourth-order valence-electron chi connectivity index (χ4n) is 1.71. The van der Waals surface area contributed by atoms with E-state index in [1.165, 1.54) is 0 Å². The Hall–Kier alpha value is -2.22. The number of carboxylic acids is 1. The van der Waals surface area contributed by atoms with E-state index in [0.29, 0.717) is 27.0 Å². The number of para-hydroxylation sites is 2. The average molecular weight is 323 g/mol. The number of aliphatic carboxylic acids is 1. The molecule has 0 aromatic heterocycles. The van der Waals surface area contributed by atoms with Gasteiger partial charge < -0.3 is 10.4 Å². The number of nitrogens with zero attached hydrogens (tertiary/aromatic N) is 1. The van der Waals surface area contributed by atoms with Crippen LogP contribution in [0.3, 0.4) is 0 Å². The fourth-order valence-corrected chi connectivity index (χ4v) is 2.20. The highest BCUT2D eigenvalue weighted by molar-refractivity contribution is 6.39. The maximum absolute atomic E-state index is 10.8. The van der Waals surface area contributed by atoms with Gasteiger partial charge in [0.05, 0.1) is 22.2 Å². The largest absolute Gasteiger partial charge is 0.481 e. The lowest BCUT2D eigenvalue weighted by atomic mass is 10.1. The highest BCUT2D eigenvalue weighted by Crippen LogP contribution is 2.33. The number of benzene rings is 2. The first kappa shape index (κ1) is 16.8. The van der Waals surface area contributed by atoms with Crippen LogP contribution in [0.25, 0.3) is 0 Å². The summed E-state index contributed by atoms with van der Waals surface area (Å²) >= 11 is 12.1. The third kappa shape index (κ3) is 4.67. The van der Waals surface area contributed by atoms with Crippen molar-refractivity contribution in [1.29, 1.82) is 5.26 Å². The lowest BCUT2D eigenvalue weighted by Gasteiger charge is -2.13. The summed E-state index contributed by atoms with van der Waals surface area (Å²) in [7, 11) is 0. The predicted octanol–water partition coefficient (Wildman–Crippen LogP) is 4.50. The Morgan fingerprint density at radius 2 is 1.67 bits per heavy atom. The molecule has 0 radical (unpaired) electrons. The quantitative estimate of drug-likeness (QED) is 0.868. The molecule has 0 aliphatic carbocycles. The molecule has 0 saturated carbocycles. The first-order valence-electron chi connectivity index (χ1n) is 5.84. The molecule has 0 bridgehead atoms. The summed E-state index contributed by atoms with van der Waals surface area (Å²) < 4.78 is 0. The Morgan fingerprint density at radius 1 is 1.10 bits per heavy atom. The lowest BCUT2D eigenvalue weighted by Crippen LogP contribution is -2.04. The minimum Gasteiger partial charge on any atom is -0.481 e. The summed E-state index contributed by atoms with van der Waals surface area (Å²) in [5.41, 5.74) is 1.93. The summed E-state index contributed by atoms with van der Waals surface area (Å²) in [6, 6.07) is 12.3. The number of nitrogens with one attached hydrogen (secondary N) is 1. The smallest absolute Gasteiger partial charge is 0.307 e. The van der Waals surface area contributed by atoms with Crippen LogP contribution in [-0.4, -0.2) is 11.1 Å². The maximum atomic E-state index is 10.8. The van der Waals surface area contributed by atoms with Crippen LogP contribution >= 0.6 is 23.2 Å². The van der Waals surface area contributed by atoms with E-state index in [2.05, 4.69) is 11.9 Å². The first-order chi connectivity index (χ1) is 10.1. The molecule has 2 aromatic carbocycles. The molecule has 6 heteroatoms. The normalized spacial score (nSPS) is 9.33. The second-order valence-corrected chi connectivity index (χ2v) is 4.76. The van der Waals surface area contributed by atoms with Crippen LogP contribution in [0.2, 0.25) is 10.0 Å². The third-order valence-corrected chi connectivity index (χ3v) is 3.21. The van der Waals surface area contributed by atoms with E-state index in [9.17, 15) is 4.79 Å². The van der Waals surface area contributed by atoms with Crippen molar-refractivity contribution in [2.24, 2.45) is 0 Å². The van der Waals surface area contributed by atoms with Gasteiger partial charge >= 0.3 is 5.97 Å². The van der Waals surface area contributed by atoms with E-state index in [4.69, 9.17) is 33.6 Å². The van der Waals surface area contributed by atoms with Crippen molar-refractivity contribution in [3.63, 3.8) is 0 Å². The number of nitriles is 1. The van der Waals surface area contributed by atoms with Crippen molar-refractivity contribution in [1.82, 2.24) is 0 Å². The zero-order chi connectivity index (χ0) is 15.8. The van der Waals surface area contributed by atoms with Gasteiger partial charge in [0, 0.05) is 12.3 Å². The van der Waals surface area contributed by atoms with Crippen molar-refractivity contribution in [2.45, 2.75) is 6.42 Å². The van der Waals surface area contributed by atoms with Crippen molar-refractivity contribution < 1.29 is 9.90 Å². The molecule has 2 aromatic rings. The monoisotopic (exact) mass is 322 g/mol. The highest BCUT2D eigenvalue weighted by atomic mass is 35.5. The Kier molecular flexibility index (Phi) is 6.54. The standard InChI is InChI=1S/C14H11Cl2NO2.CHN/c15-10-5-3-6-11(16)14(10)17-12-7-2-1-4-9(12)8-13(18)19;1-2/h1-7,17H,8H2,(H,18,19);1H. The van der Waals surface area contributed by atoms with E-state index in [1.807, 2.05) is 6.07 Å². The molecule has 0 unspecified atom stereocenters. The summed E-state index contributed by atoms with van der Waals surface area (Å²) in [6.07, 6.45) is -0.0642. The van der Waals surface area contributed by atoms with Gasteiger partial charge in [-0.05, 0) is 23.8 Å². The number of carboxylic acid groups (broad SMARTS) is 1. The minimum absolute atomic E-state index is 0.0642. The molecule has 0 fully saturated rings. The molecule has 0 aliphatic rings. The molecular formula is C15H12Cl2N2O2. The molecule has 4 nitrogen and oxygen atoms in total. The Bertz CT molecular complexity index is 637. The van der Waals surface area contributed by atoms with Crippen LogP contribution in [0.1, 0.15) is 5.56 Å². The van der Waals surface area contributed by atoms with Gasteiger partial charge in [-0.2, -0.15) is 0 Å². The van der Waals surface area contributed by atoms with Crippen LogP contribution in [0.15, 0.2) is 42.5 Å². The van der Waals surface area contributed by atoms with Crippen molar-refractivity contribution in [2.75, 3.05) is 5.32 Å². The Morgan fingerprint density at radius 3 is 2.24 bits per heavy atom. The summed E-state index contributed by atoms with van der Waals surface area (Å²) in [5, 5.41) is 19.4. The van der Waals surface area contributed by atoms with E-state index in [-0.39, 0.29) is 6.42 Å². The molecule has 0 amide bonds. The molecule has 2 rings (SSSR count). The van der Waals surface area contributed by atoms with Crippen molar-refractivity contribution in [3.05, 3.63) is 58.1 Å². The highest BCUT2D eigenvalue weighted by Gasteiger charge is 2.10. The fraction of sp³-hybridized carbons (Fsp3) is 0.0667. The van der Waals surface area contributed by atoms with Gasteiger partial charge in [0.25, 0.3) is 0 Å². The van der Waals surface area contributed by atoms with Crippen LogP contribution < -0.4 is 5.32 Å². The van der Waals surface area contributed by atoms with E-state index in [0.717, 1.165) is 0 Å². The van der Waals surface area contributed by atoms with Gasteiger partial charge in [0.2, 0.25) is 0 Å². The molecule has 0 spiro atoms. The van der Waals surface area contributed by atoms with Crippen LogP contribution in [-0.2, 0) is 11.2 Å². The van der Waals surface area contributed by atoms with Gasteiger partial charge in [-0.1, -0.05) is 47.5 Å². The maximum Gasteiger partial charge on any atom is 0.307 e. The molecule has 0 heterocycles. The van der Waals surface area contributed by atoms with Gasteiger partial charge in [0.1, 0.15) is 0 Å². The van der Waals surface area contributed by atoms with Crippen molar-refractivity contribution in [3.8, 4) is 6.57 Å². The molecule has 0 atom stereocenters. The first-order valence-corrected chi connectivity index (χ1v) is 6.60. The number of anilines is 2. The molecule has 21 heavy (non-hydrogen) atoms. The zero-order valence-corrected chi connectivity index (χ0v) is 12.4. The van der Waals surface area contributed by atoms with Crippen LogP contribution in [0, 0.1) is 11.8 Å². The van der Waals surface area contributed by atoms with E-state index >= 15 is 0 Å². The van der Waals surface area contributed by atoms with Gasteiger partial charge in [0.15, 0.2) is 0 Å². The number of hydrogen-bond donors (Lipinski definition) is 2. The summed E-state index contributed by atoms with van der Waals surface area (Å²) in [5.74, 6) is -0.889. The van der Waals surface area contributed by atoms with Gasteiger partial charge in [-0.3, -0.25) is 4.79 Å². The van der Waals surface area contributed by atoms with Gasteiger partial charge in [-0.25, -0.2) is 5.26 Å². The molecular weight excluding hydrogens is 311 g/mol. The average Bonchev–Trinajstić information content (AvgIpc) is 2.46. The Labute approximate surface area is 132 Å². The summed E-state index contributed by atoms with van der Waals surface area (Å²) in [6.45, 7) is 3.50. The second-order valence-electron chi connectivity index (χ2n) is 3.95. The molecule has 2 N–H and O–H groups in total. The second kappa shape index (κ2) is 8.15. The van der Waals surface area contributed by atoms with Crippen LogP contribution in [0.5, 0.6) is 0 Å². The molecule has 108 valence electrons. The van der Waals surface area contributed by atoms with E-state index in [1.54, 1.807) is 36.4 Å². The van der Waals surface area contributed by atoms with Crippen molar-refractivity contribution >= 4 is 40.5 Å². The zero-order valence-electron chi connectivity index (χ0n) is 10.9. The third-order valence-electron chi connectivity index (χ3n) is 2.58. The lowest BCUT2D eigenvalue weighted by molar-refractivity contribution is -0.136. The molecule has 0 aliphatic heterocycles.